The summed E-state index contributed by atoms with van der Waals surface area (Å²) in [6.07, 6.45) is 2.52. The Morgan fingerprint density at radius 2 is 1.88 bits per heavy atom. The van der Waals surface area contributed by atoms with Gasteiger partial charge in [-0.1, -0.05) is 47.6 Å². The molecule has 3 nitrogen and oxygen atoms in total. The van der Waals surface area contributed by atoms with Crippen LogP contribution in [0.1, 0.15) is 29.2 Å². The van der Waals surface area contributed by atoms with Crippen molar-refractivity contribution < 1.29 is 8.91 Å². The predicted molar refractivity (Wildman–Crippen MR) is 97.4 cm³/mol. The summed E-state index contributed by atoms with van der Waals surface area (Å²) in [7, 11) is 3.91. The molecule has 25 heavy (non-hydrogen) atoms. The van der Waals surface area contributed by atoms with Gasteiger partial charge in [-0.2, -0.15) is 0 Å². The zero-order chi connectivity index (χ0) is 17.4. The topological polar surface area (TPSA) is 29.3 Å². The molecule has 0 saturated heterocycles. The maximum Gasteiger partial charge on any atom is 0.230 e. The van der Waals surface area contributed by atoms with Gasteiger partial charge >= 0.3 is 0 Å². The molecule has 4 heteroatoms. The molecule has 0 N–H and O–H groups in total. The van der Waals surface area contributed by atoms with Gasteiger partial charge in [-0.25, -0.2) is 4.39 Å². The summed E-state index contributed by atoms with van der Waals surface area (Å²) in [6.45, 7) is 0. The fourth-order valence-corrected chi connectivity index (χ4v) is 3.68. The second-order valence-electron chi connectivity index (χ2n) is 6.85. The Labute approximate surface area is 147 Å². The molecule has 2 aromatic carbocycles. The number of anilines is 1. The van der Waals surface area contributed by atoms with E-state index >= 15 is 0 Å². The molecule has 0 amide bonds. The van der Waals surface area contributed by atoms with Crippen molar-refractivity contribution >= 4 is 5.88 Å². The third-order valence-corrected chi connectivity index (χ3v) is 4.98. The van der Waals surface area contributed by atoms with E-state index in [4.69, 9.17) is 4.52 Å². The molecule has 1 atom stereocenters. The Balaban J connectivity index is 1.60. The first-order valence-corrected chi connectivity index (χ1v) is 8.63. The summed E-state index contributed by atoms with van der Waals surface area (Å²) in [6, 6.07) is 15.5. The van der Waals surface area contributed by atoms with Crippen molar-refractivity contribution in [2.45, 2.75) is 25.2 Å². The van der Waals surface area contributed by atoms with Crippen molar-refractivity contribution in [1.82, 2.24) is 5.16 Å². The van der Waals surface area contributed by atoms with Gasteiger partial charge in [0.05, 0.1) is 5.69 Å². The molecule has 4 rings (SSSR count). The van der Waals surface area contributed by atoms with Gasteiger partial charge in [0.15, 0.2) is 0 Å². The van der Waals surface area contributed by atoms with E-state index in [2.05, 4.69) is 5.16 Å². The molecule has 0 spiro atoms. The van der Waals surface area contributed by atoms with Gasteiger partial charge < -0.3 is 9.42 Å². The standard InChI is InChI=1S/C21H21FN2O/c1-24(2)21-18-11-9-16(13-20(18)23-25-21)17-10-8-15(12-19(17)22)14-6-4-3-5-7-14/h3-8,10,12,16H,9,11,13H2,1-2H3. The highest BCUT2D eigenvalue weighted by Gasteiger charge is 2.28. The molecule has 1 aliphatic carbocycles. The molecule has 0 radical (unpaired) electrons. The summed E-state index contributed by atoms with van der Waals surface area (Å²) in [5.74, 6) is 0.844. The van der Waals surface area contributed by atoms with Crippen LogP contribution in [0.5, 0.6) is 0 Å². The Morgan fingerprint density at radius 3 is 2.60 bits per heavy atom. The van der Waals surface area contributed by atoms with Crippen molar-refractivity contribution in [2.75, 3.05) is 19.0 Å². The maximum atomic E-state index is 14.8. The first kappa shape index (κ1) is 15.9. The Morgan fingerprint density at radius 1 is 1.08 bits per heavy atom. The van der Waals surface area contributed by atoms with Crippen LogP contribution in [-0.2, 0) is 12.8 Å². The lowest BCUT2D eigenvalue weighted by atomic mass is 9.82. The number of nitrogens with zero attached hydrogens (tertiary/aromatic N) is 2. The largest absolute Gasteiger partial charge is 0.347 e. The minimum Gasteiger partial charge on any atom is -0.347 e. The normalized spacial score (nSPS) is 16.5. The average molecular weight is 336 g/mol. The first-order chi connectivity index (χ1) is 12.1. The molecule has 1 aromatic heterocycles. The van der Waals surface area contributed by atoms with Gasteiger partial charge in [-0.3, -0.25) is 0 Å². The lowest BCUT2D eigenvalue weighted by molar-refractivity contribution is 0.412. The molecule has 0 saturated carbocycles. The fourth-order valence-electron chi connectivity index (χ4n) is 3.68. The van der Waals surface area contributed by atoms with Crippen LogP contribution in [0.4, 0.5) is 10.3 Å². The predicted octanol–water partition coefficient (Wildman–Crippen LogP) is 4.82. The number of aromatic nitrogens is 1. The van der Waals surface area contributed by atoms with Crippen LogP contribution in [0.3, 0.4) is 0 Å². The van der Waals surface area contributed by atoms with E-state index in [-0.39, 0.29) is 11.7 Å². The average Bonchev–Trinajstić information content (AvgIpc) is 3.06. The third-order valence-electron chi connectivity index (χ3n) is 4.98. The summed E-state index contributed by atoms with van der Waals surface area (Å²) in [5, 5.41) is 4.21. The van der Waals surface area contributed by atoms with Gasteiger partial charge in [0.2, 0.25) is 5.88 Å². The number of hydrogen-bond acceptors (Lipinski definition) is 3. The van der Waals surface area contributed by atoms with Crippen LogP contribution in [-0.4, -0.2) is 19.3 Å². The number of rotatable bonds is 3. The number of halogens is 1. The van der Waals surface area contributed by atoms with Crippen LogP contribution < -0.4 is 4.90 Å². The number of benzene rings is 2. The Kier molecular flexibility index (Phi) is 4.04. The van der Waals surface area contributed by atoms with Gasteiger partial charge in [0, 0.05) is 26.1 Å². The van der Waals surface area contributed by atoms with Gasteiger partial charge in [-0.05, 0) is 41.5 Å². The summed E-state index contributed by atoms with van der Waals surface area (Å²) >= 11 is 0. The molecule has 3 aromatic rings. The molecule has 0 aliphatic heterocycles. The molecular weight excluding hydrogens is 315 g/mol. The van der Waals surface area contributed by atoms with E-state index in [1.165, 1.54) is 5.56 Å². The van der Waals surface area contributed by atoms with Crippen molar-refractivity contribution in [3.63, 3.8) is 0 Å². The third kappa shape index (κ3) is 2.93. The van der Waals surface area contributed by atoms with E-state index in [1.54, 1.807) is 6.07 Å². The molecule has 0 bridgehead atoms. The quantitative estimate of drug-likeness (QED) is 0.687. The lowest BCUT2D eigenvalue weighted by Crippen LogP contribution is -2.16. The van der Waals surface area contributed by atoms with E-state index < -0.39 is 0 Å². The number of hydrogen-bond donors (Lipinski definition) is 0. The smallest absolute Gasteiger partial charge is 0.230 e. The van der Waals surface area contributed by atoms with E-state index in [1.807, 2.05) is 61.5 Å². The molecule has 1 aliphatic rings. The van der Waals surface area contributed by atoms with E-state index in [0.717, 1.165) is 47.5 Å². The van der Waals surface area contributed by atoms with Crippen LogP contribution in [0.15, 0.2) is 53.1 Å². The van der Waals surface area contributed by atoms with Crippen LogP contribution in [0, 0.1) is 5.82 Å². The minimum absolute atomic E-state index is 0.133. The monoisotopic (exact) mass is 336 g/mol. The minimum atomic E-state index is -0.133. The zero-order valence-corrected chi connectivity index (χ0v) is 14.5. The molecule has 1 heterocycles. The summed E-state index contributed by atoms with van der Waals surface area (Å²) in [4.78, 5) is 1.95. The van der Waals surface area contributed by atoms with Crippen molar-refractivity contribution in [3.8, 4) is 11.1 Å². The van der Waals surface area contributed by atoms with E-state index in [0.29, 0.717) is 0 Å². The van der Waals surface area contributed by atoms with Gasteiger partial charge in [0.1, 0.15) is 5.82 Å². The van der Waals surface area contributed by atoms with Crippen LogP contribution in [0.2, 0.25) is 0 Å². The molecule has 1 unspecified atom stereocenters. The lowest BCUT2D eigenvalue weighted by Gasteiger charge is -2.23. The van der Waals surface area contributed by atoms with Crippen LogP contribution in [0.25, 0.3) is 11.1 Å². The molecular formula is C21H21FN2O. The summed E-state index contributed by atoms with van der Waals surface area (Å²) < 4.78 is 20.2. The van der Waals surface area contributed by atoms with Crippen molar-refractivity contribution in [3.05, 3.63) is 71.2 Å². The highest BCUT2D eigenvalue weighted by atomic mass is 19.1. The second kappa shape index (κ2) is 6.36. The SMILES string of the molecule is CN(C)c1onc2c1CCC(c1ccc(-c3ccccc3)cc1F)C2. The maximum absolute atomic E-state index is 14.8. The van der Waals surface area contributed by atoms with Crippen molar-refractivity contribution in [1.29, 1.82) is 0 Å². The highest BCUT2D eigenvalue weighted by Crippen LogP contribution is 2.38. The molecule has 128 valence electrons. The number of fused-ring (bicyclic) bond motifs is 1. The van der Waals surface area contributed by atoms with E-state index in [9.17, 15) is 4.39 Å². The zero-order valence-electron chi connectivity index (χ0n) is 14.5. The molecule has 0 fully saturated rings. The van der Waals surface area contributed by atoms with Gasteiger partial charge in [-0.15, -0.1) is 0 Å². The first-order valence-electron chi connectivity index (χ1n) is 8.63. The van der Waals surface area contributed by atoms with Gasteiger partial charge in [0.25, 0.3) is 0 Å². The Hall–Kier alpha value is -2.62. The fraction of sp³-hybridized carbons (Fsp3) is 0.286. The second-order valence-corrected chi connectivity index (χ2v) is 6.85. The van der Waals surface area contributed by atoms with Crippen LogP contribution >= 0.6 is 0 Å². The summed E-state index contributed by atoms with van der Waals surface area (Å²) in [5.41, 5.74) is 4.86. The van der Waals surface area contributed by atoms with Crippen molar-refractivity contribution in [2.24, 2.45) is 0 Å². The highest BCUT2D eigenvalue weighted by molar-refractivity contribution is 5.64. The Bertz CT molecular complexity index is 886.